The molecule has 0 bridgehead atoms. The Morgan fingerprint density at radius 1 is 1.39 bits per heavy atom. The van der Waals surface area contributed by atoms with E-state index in [2.05, 4.69) is 26.3 Å². The van der Waals surface area contributed by atoms with E-state index in [1.807, 2.05) is 28.8 Å². The minimum atomic E-state index is -0.429. The Hall–Kier alpha value is -3.98. The number of carbonyl (C=O) groups excluding carboxylic acids is 1. The van der Waals surface area contributed by atoms with E-state index in [1.54, 1.807) is 26.3 Å². The molecule has 3 aromatic heterocycles. The third-order valence-electron chi connectivity index (χ3n) is 6.25. The molecule has 1 fully saturated rings. The van der Waals surface area contributed by atoms with Gasteiger partial charge in [0.1, 0.15) is 29.3 Å². The Morgan fingerprint density at radius 3 is 2.75 bits per heavy atom. The Morgan fingerprint density at radius 2 is 2.14 bits per heavy atom. The van der Waals surface area contributed by atoms with Gasteiger partial charge in [0.15, 0.2) is 0 Å². The highest BCUT2D eigenvalue weighted by molar-refractivity contribution is 7.11. The molecule has 4 heterocycles. The van der Waals surface area contributed by atoms with Crippen molar-refractivity contribution in [3.63, 3.8) is 0 Å². The summed E-state index contributed by atoms with van der Waals surface area (Å²) in [5.41, 5.74) is 9.17. The SMILES string of the molecule is COc1nc(C(C)Oc2cc(-c3nnn(C4CCN(C(C)=O)CC4)c3C)cnc2/C(C#N)=C\N)cs1. The number of nitrogens with zero attached hydrogens (tertiary/aromatic N) is 7. The topological polar surface area (TPSA) is 145 Å². The number of methoxy groups -OCH3 is 1. The molecule has 188 valence electrons. The molecule has 3 aromatic rings. The lowest BCUT2D eigenvalue weighted by atomic mass is 10.0. The van der Waals surface area contributed by atoms with Crippen molar-refractivity contribution in [3.8, 4) is 28.3 Å². The molecule has 0 spiro atoms. The summed E-state index contributed by atoms with van der Waals surface area (Å²) in [4.78, 5) is 22.4. The van der Waals surface area contributed by atoms with Crippen LogP contribution in [-0.4, -0.2) is 56.0 Å². The molecule has 1 aliphatic heterocycles. The molecule has 11 nitrogen and oxygen atoms in total. The molecular weight excluding hydrogens is 480 g/mol. The zero-order valence-electron chi connectivity index (χ0n) is 20.6. The fourth-order valence-electron chi connectivity index (χ4n) is 4.22. The number of nitrogens with two attached hydrogens (primary N) is 1. The summed E-state index contributed by atoms with van der Waals surface area (Å²) >= 11 is 1.37. The van der Waals surface area contributed by atoms with E-state index < -0.39 is 6.10 Å². The van der Waals surface area contributed by atoms with Crippen LogP contribution < -0.4 is 15.2 Å². The Kier molecular flexibility index (Phi) is 7.49. The number of likely N-dealkylation sites (tertiary alicyclic amines) is 1. The molecule has 1 aliphatic rings. The van der Waals surface area contributed by atoms with Crippen molar-refractivity contribution in [2.75, 3.05) is 20.2 Å². The molecule has 0 saturated carbocycles. The molecule has 0 aromatic carbocycles. The highest BCUT2D eigenvalue weighted by Gasteiger charge is 2.26. The first-order valence-electron chi connectivity index (χ1n) is 11.5. The highest BCUT2D eigenvalue weighted by Crippen LogP contribution is 2.34. The predicted molar refractivity (Wildman–Crippen MR) is 134 cm³/mol. The zero-order valence-corrected chi connectivity index (χ0v) is 21.4. The second kappa shape index (κ2) is 10.7. The van der Waals surface area contributed by atoms with Crippen LogP contribution in [0.1, 0.15) is 55.9 Å². The lowest BCUT2D eigenvalue weighted by molar-refractivity contribution is -0.130. The number of hydrogen-bond donors (Lipinski definition) is 1. The number of carbonyl (C=O) groups is 1. The van der Waals surface area contributed by atoms with Gasteiger partial charge < -0.3 is 20.1 Å². The Labute approximate surface area is 213 Å². The molecule has 0 aliphatic carbocycles. The summed E-state index contributed by atoms with van der Waals surface area (Å²) in [6.45, 7) is 6.82. The molecule has 0 radical (unpaired) electrons. The maximum absolute atomic E-state index is 11.7. The number of pyridine rings is 1. The second-order valence-corrected chi connectivity index (χ2v) is 9.29. The van der Waals surface area contributed by atoms with Gasteiger partial charge in [-0.1, -0.05) is 16.6 Å². The fourth-order valence-corrected chi connectivity index (χ4v) is 4.94. The second-order valence-electron chi connectivity index (χ2n) is 8.47. The van der Waals surface area contributed by atoms with Crippen molar-refractivity contribution in [3.05, 3.63) is 40.9 Å². The van der Waals surface area contributed by atoms with E-state index in [0.717, 1.165) is 18.5 Å². The first kappa shape index (κ1) is 25.1. The van der Waals surface area contributed by atoms with Crippen LogP contribution in [0.5, 0.6) is 10.9 Å². The molecule has 1 saturated heterocycles. The summed E-state index contributed by atoms with van der Waals surface area (Å²) < 4.78 is 13.3. The van der Waals surface area contributed by atoms with Gasteiger partial charge >= 0.3 is 0 Å². The number of rotatable bonds is 7. The quantitative estimate of drug-likeness (QED) is 0.475. The number of ether oxygens (including phenoxy) is 2. The summed E-state index contributed by atoms with van der Waals surface area (Å²) in [7, 11) is 1.56. The summed E-state index contributed by atoms with van der Waals surface area (Å²) in [6.07, 6.45) is 4.05. The smallest absolute Gasteiger partial charge is 0.273 e. The number of aromatic nitrogens is 5. The van der Waals surface area contributed by atoms with Crippen molar-refractivity contribution in [2.45, 2.75) is 45.8 Å². The zero-order chi connectivity index (χ0) is 25.8. The van der Waals surface area contributed by atoms with Crippen molar-refractivity contribution in [2.24, 2.45) is 5.73 Å². The predicted octanol–water partition coefficient (Wildman–Crippen LogP) is 3.26. The van der Waals surface area contributed by atoms with E-state index in [1.165, 1.54) is 17.5 Å². The lowest BCUT2D eigenvalue weighted by Gasteiger charge is -2.31. The Balaban J connectivity index is 1.64. The van der Waals surface area contributed by atoms with E-state index in [4.69, 9.17) is 15.2 Å². The normalized spacial score (nSPS) is 15.4. The van der Waals surface area contributed by atoms with Crippen molar-refractivity contribution in [1.29, 1.82) is 5.26 Å². The van der Waals surface area contributed by atoms with Crippen molar-refractivity contribution >= 4 is 22.8 Å². The van der Waals surface area contributed by atoms with Crippen LogP contribution in [0.2, 0.25) is 0 Å². The van der Waals surface area contributed by atoms with Crippen LogP contribution in [-0.2, 0) is 4.79 Å². The minimum absolute atomic E-state index is 0.0942. The maximum Gasteiger partial charge on any atom is 0.273 e. The van der Waals surface area contributed by atoms with Crippen LogP contribution in [0.4, 0.5) is 0 Å². The van der Waals surface area contributed by atoms with Gasteiger partial charge in [-0.15, -0.1) is 5.10 Å². The number of thiazole rings is 1. The third kappa shape index (κ3) is 5.01. The van der Waals surface area contributed by atoms with Crippen LogP contribution in [0.15, 0.2) is 23.8 Å². The first-order chi connectivity index (χ1) is 17.4. The number of allylic oxidation sites excluding steroid dienone is 1. The standard InChI is InChI=1S/C24H28N8O3S/c1-14-22(29-30-32(14)19-5-7-31(8-6-19)16(3)33)17-9-21(23(27-12-17)18(10-25)11-26)35-15(2)20-13-36-24(28-20)34-4/h9-10,12-13,15,19H,5-8,25H2,1-4H3/b18-10-. The number of piperidine rings is 1. The number of nitriles is 1. The average Bonchev–Trinajstić information content (AvgIpc) is 3.52. The van der Waals surface area contributed by atoms with Gasteiger partial charge in [-0.3, -0.25) is 9.78 Å². The van der Waals surface area contributed by atoms with Gasteiger partial charge in [-0.2, -0.15) is 5.26 Å². The molecule has 12 heteroatoms. The van der Waals surface area contributed by atoms with Crippen LogP contribution in [0, 0.1) is 18.3 Å². The third-order valence-corrected chi connectivity index (χ3v) is 7.07. The van der Waals surface area contributed by atoms with Gasteiger partial charge in [0.05, 0.1) is 30.1 Å². The van der Waals surface area contributed by atoms with E-state index in [9.17, 15) is 10.1 Å². The van der Waals surface area contributed by atoms with Gasteiger partial charge in [-0.25, -0.2) is 9.67 Å². The minimum Gasteiger partial charge on any atom is -0.482 e. The maximum atomic E-state index is 11.7. The van der Waals surface area contributed by atoms with Gasteiger partial charge in [0, 0.05) is 43.4 Å². The molecular formula is C24H28N8O3S. The molecule has 4 rings (SSSR count). The molecule has 36 heavy (non-hydrogen) atoms. The fraction of sp³-hybridized carbons (Fsp3) is 0.417. The van der Waals surface area contributed by atoms with Crippen LogP contribution in [0.3, 0.4) is 0 Å². The number of amides is 1. The van der Waals surface area contributed by atoms with Crippen LogP contribution in [0.25, 0.3) is 16.8 Å². The monoisotopic (exact) mass is 508 g/mol. The average molecular weight is 509 g/mol. The summed E-state index contributed by atoms with van der Waals surface area (Å²) in [6, 6.07) is 4.02. The van der Waals surface area contributed by atoms with Crippen molar-refractivity contribution in [1.82, 2.24) is 29.9 Å². The lowest BCUT2D eigenvalue weighted by Crippen LogP contribution is -2.38. The molecule has 2 N–H and O–H groups in total. The Bertz CT molecular complexity index is 1320. The summed E-state index contributed by atoms with van der Waals surface area (Å²) in [5, 5.41) is 20.8. The van der Waals surface area contributed by atoms with Gasteiger partial charge in [0.2, 0.25) is 5.91 Å². The number of hydrogen-bond acceptors (Lipinski definition) is 10. The van der Waals surface area contributed by atoms with E-state index in [-0.39, 0.29) is 17.5 Å². The van der Waals surface area contributed by atoms with E-state index in [0.29, 0.717) is 46.7 Å². The summed E-state index contributed by atoms with van der Waals surface area (Å²) in [5.74, 6) is 0.477. The molecule has 1 unspecified atom stereocenters. The van der Waals surface area contributed by atoms with Gasteiger partial charge in [0.25, 0.3) is 5.19 Å². The van der Waals surface area contributed by atoms with Gasteiger partial charge in [-0.05, 0) is 32.8 Å². The first-order valence-corrected chi connectivity index (χ1v) is 12.4. The largest absolute Gasteiger partial charge is 0.482 e. The van der Waals surface area contributed by atoms with Crippen LogP contribution >= 0.6 is 11.3 Å². The van der Waals surface area contributed by atoms with Crippen molar-refractivity contribution < 1.29 is 14.3 Å². The van der Waals surface area contributed by atoms with E-state index >= 15 is 0 Å². The molecule has 1 amide bonds. The molecule has 1 atom stereocenters. The highest BCUT2D eigenvalue weighted by atomic mass is 32.1.